The van der Waals surface area contributed by atoms with Gasteiger partial charge in [-0.1, -0.05) is 33.6 Å². The van der Waals surface area contributed by atoms with Crippen LogP contribution >= 0.6 is 15.9 Å². The molecule has 0 aliphatic rings. The van der Waals surface area contributed by atoms with Crippen molar-refractivity contribution in [2.45, 2.75) is 11.8 Å². The molecule has 0 unspecified atom stereocenters. The molecule has 0 saturated carbocycles. The highest BCUT2D eigenvalue weighted by Crippen LogP contribution is 2.12. The highest BCUT2D eigenvalue weighted by atomic mass is 79.9. The van der Waals surface area contributed by atoms with Crippen LogP contribution in [0.4, 0.5) is 0 Å². The Hall–Kier alpha value is -0.470. The Labute approximate surface area is 128 Å². The summed E-state index contributed by atoms with van der Waals surface area (Å²) in [5.41, 5.74) is 0.996. The molecular weight excluding hydrogens is 348 g/mol. The van der Waals surface area contributed by atoms with Crippen LogP contribution in [0.25, 0.3) is 0 Å². The van der Waals surface area contributed by atoms with Crippen LogP contribution in [0.3, 0.4) is 0 Å². The molecule has 1 aromatic carbocycles. The molecule has 0 saturated heterocycles. The van der Waals surface area contributed by atoms with Gasteiger partial charge in [-0.2, -0.15) is 8.42 Å². The topological polar surface area (TPSA) is 61.8 Å². The SMILES string of the molecule is Cc1ccc(S(=O)(=O)OCCOCCOCCBr)cc1. The Bertz CT molecular complexity index is 472. The highest BCUT2D eigenvalue weighted by molar-refractivity contribution is 9.09. The number of alkyl halides is 1. The summed E-state index contributed by atoms with van der Waals surface area (Å²) in [4.78, 5) is 0.156. The lowest BCUT2D eigenvalue weighted by molar-refractivity contribution is 0.0423. The molecule has 0 fully saturated rings. The number of benzene rings is 1. The van der Waals surface area contributed by atoms with Crippen LogP contribution < -0.4 is 0 Å². The van der Waals surface area contributed by atoms with Crippen molar-refractivity contribution in [3.8, 4) is 0 Å². The molecule has 0 amide bonds. The standard InChI is InChI=1S/C13H19BrO5S/c1-12-2-4-13(5-3-12)20(15,16)19-11-10-18-9-8-17-7-6-14/h2-5H,6-11H2,1H3. The van der Waals surface area contributed by atoms with Crippen LogP contribution in [0.1, 0.15) is 5.56 Å². The van der Waals surface area contributed by atoms with Gasteiger partial charge in [0.25, 0.3) is 10.1 Å². The van der Waals surface area contributed by atoms with Gasteiger partial charge in [-0.15, -0.1) is 0 Å². The average molecular weight is 367 g/mol. The average Bonchev–Trinajstić information content (AvgIpc) is 2.42. The quantitative estimate of drug-likeness (QED) is 0.360. The second-order valence-corrected chi connectivity index (χ2v) is 6.41. The van der Waals surface area contributed by atoms with Crippen LogP contribution in [0.2, 0.25) is 0 Å². The van der Waals surface area contributed by atoms with Crippen LogP contribution in [-0.4, -0.2) is 46.8 Å². The van der Waals surface area contributed by atoms with Crippen molar-refractivity contribution in [2.75, 3.05) is 38.4 Å². The molecule has 0 radical (unpaired) electrons. The molecule has 5 nitrogen and oxygen atoms in total. The molecule has 20 heavy (non-hydrogen) atoms. The Morgan fingerprint density at radius 1 is 0.950 bits per heavy atom. The third kappa shape index (κ3) is 6.81. The van der Waals surface area contributed by atoms with E-state index in [1.165, 1.54) is 12.1 Å². The van der Waals surface area contributed by atoms with Gasteiger partial charge in [-0.3, -0.25) is 4.18 Å². The molecule has 0 N–H and O–H groups in total. The lowest BCUT2D eigenvalue weighted by atomic mass is 10.2. The number of rotatable bonds is 10. The van der Waals surface area contributed by atoms with E-state index >= 15 is 0 Å². The number of hydrogen-bond donors (Lipinski definition) is 0. The summed E-state index contributed by atoms with van der Waals surface area (Å²) in [5.74, 6) is 0. The minimum absolute atomic E-state index is 0.00530. The van der Waals surface area contributed by atoms with Crippen molar-refractivity contribution in [3.63, 3.8) is 0 Å². The van der Waals surface area contributed by atoms with E-state index in [1.807, 2.05) is 6.92 Å². The summed E-state index contributed by atoms with van der Waals surface area (Å²) in [7, 11) is -3.70. The molecule has 0 aliphatic heterocycles. The number of hydrogen-bond acceptors (Lipinski definition) is 5. The van der Waals surface area contributed by atoms with E-state index in [1.54, 1.807) is 12.1 Å². The van der Waals surface area contributed by atoms with Crippen molar-refractivity contribution in [1.82, 2.24) is 0 Å². The molecular formula is C13H19BrO5S. The van der Waals surface area contributed by atoms with Crippen LogP contribution in [-0.2, 0) is 23.8 Å². The van der Waals surface area contributed by atoms with Crippen molar-refractivity contribution in [3.05, 3.63) is 29.8 Å². The molecule has 114 valence electrons. The molecule has 0 atom stereocenters. The van der Waals surface area contributed by atoms with E-state index in [4.69, 9.17) is 13.7 Å². The molecule has 0 aliphatic carbocycles. The maximum absolute atomic E-state index is 11.8. The first-order chi connectivity index (χ1) is 9.56. The van der Waals surface area contributed by atoms with E-state index in [-0.39, 0.29) is 18.1 Å². The van der Waals surface area contributed by atoms with E-state index < -0.39 is 10.1 Å². The smallest absolute Gasteiger partial charge is 0.297 e. The first-order valence-corrected chi connectivity index (χ1v) is 8.77. The fourth-order valence-electron chi connectivity index (χ4n) is 1.35. The first kappa shape index (κ1) is 17.6. The molecule has 1 aromatic rings. The maximum atomic E-state index is 11.8. The summed E-state index contributed by atoms with van der Waals surface area (Å²) in [6.45, 7) is 3.62. The minimum Gasteiger partial charge on any atom is -0.378 e. The largest absolute Gasteiger partial charge is 0.378 e. The fourth-order valence-corrected chi connectivity index (χ4v) is 2.47. The normalized spacial score (nSPS) is 11.7. The lowest BCUT2D eigenvalue weighted by Gasteiger charge is -2.07. The summed E-state index contributed by atoms with van der Waals surface area (Å²) in [6.07, 6.45) is 0. The van der Waals surface area contributed by atoms with Gasteiger partial charge in [-0.05, 0) is 19.1 Å². The summed E-state index contributed by atoms with van der Waals surface area (Å²) >= 11 is 3.24. The number of halogens is 1. The molecule has 0 aromatic heterocycles. The number of aryl methyl sites for hydroxylation is 1. The zero-order valence-electron chi connectivity index (χ0n) is 11.4. The fraction of sp³-hybridized carbons (Fsp3) is 0.538. The van der Waals surface area contributed by atoms with Crippen molar-refractivity contribution in [1.29, 1.82) is 0 Å². The predicted molar refractivity (Wildman–Crippen MR) is 79.7 cm³/mol. The van der Waals surface area contributed by atoms with E-state index in [0.717, 1.165) is 10.9 Å². The van der Waals surface area contributed by atoms with Crippen LogP contribution in [0, 0.1) is 6.92 Å². The number of ether oxygens (including phenoxy) is 2. The third-order valence-electron chi connectivity index (χ3n) is 2.37. The van der Waals surface area contributed by atoms with Crippen molar-refractivity contribution in [2.24, 2.45) is 0 Å². The van der Waals surface area contributed by atoms with Gasteiger partial charge in [-0.25, -0.2) is 0 Å². The maximum Gasteiger partial charge on any atom is 0.297 e. The monoisotopic (exact) mass is 366 g/mol. The summed E-state index contributed by atoms with van der Waals surface area (Å²) in [6, 6.07) is 6.52. The van der Waals surface area contributed by atoms with Gasteiger partial charge in [0, 0.05) is 5.33 Å². The van der Waals surface area contributed by atoms with Crippen molar-refractivity contribution < 1.29 is 22.1 Å². The van der Waals surface area contributed by atoms with Crippen molar-refractivity contribution >= 4 is 26.0 Å². The van der Waals surface area contributed by atoms with E-state index in [9.17, 15) is 8.42 Å². The Morgan fingerprint density at radius 2 is 1.50 bits per heavy atom. The molecule has 0 bridgehead atoms. The lowest BCUT2D eigenvalue weighted by Crippen LogP contribution is -2.13. The zero-order valence-corrected chi connectivity index (χ0v) is 13.8. The Morgan fingerprint density at radius 3 is 2.10 bits per heavy atom. The van der Waals surface area contributed by atoms with Gasteiger partial charge < -0.3 is 9.47 Å². The van der Waals surface area contributed by atoms with Crippen LogP contribution in [0.5, 0.6) is 0 Å². The second-order valence-electron chi connectivity index (χ2n) is 4.00. The Kier molecular flexibility index (Phi) is 8.32. The van der Waals surface area contributed by atoms with Crippen LogP contribution in [0.15, 0.2) is 29.2 Å². The van der Waals surface area contributed by atoms with Gasteiger partial charge >= 0.3 is 0 Å². The van der Waals surface area contributed by atoms with Gasteiger partial charge in [0.1, 0.15) is 0 Å². The molecule has 0 spiro atoms. The van der Waals surface area contributed by atoms with E-state index in [2.05, 4.69) is 15.9 Å². The predicted octanol–water partition coefficient (Wildman–Crippen LogP) is 2.13. The third-order valence-corrected chi connectivity index (χ3v) is 4.02. The Balaban J connectivity index is 2.22. The van der Waals surface area contributed by atoms with Gasteiger partial charge in [0.2, 0.25) is 0 Å². The van der Waals surface area contributed by atoms with Gasteiger partial charge in [0.15, 0.2) is 0 Å². The van der Waals surface area contributed by atoms with E-state index in [0.29, 0.717) is 19.8 Å². The molecule has 0 heterocycles. The first-order valence-electron chi connectivity index (χ1n) is 6.24. The molecule has 1 rings (SSSR count). The summed E-state index contributed by atoms with van der Waals surface area (Å²) in [5, 5.41) is 0.783. The zero-order chi connectivity index (χ0) is 14.8. The minimum atomic E-state index is -3.70. The second kappa shape index (κ2) is 9.46. The highest BCUT2D eigenvalue weighted by Gasteiger charge is 2.14. The summed E-state index contributed by atoms with van der Waals surface area (Å²) < 4.78 is 38.9. The molecule has 7 heteroatoms. The van der Waals surface area contributed by atoms with Gasteiger partial charge in [0.05, 0.1) is 37.9 Å².